The van der Waals surface area contributed by atoms with Crippen LogP contribution in [-0.4, -0.2) is 18.8 Å². The summed E-state index contributed by atoms with van der Waals surface area (Å²) in [6, 6.07) is 0. The van der Waals surface area contributed by atoms with E-state index in [1.165, 1.54) is 19.3 Å². The smallest absolute Gasteiger partial charge is 0.148 e. The van der Waals surface area contributed by atoms with Gasteiger partial charge in [-0.25, -0.2) is 0 Å². The first kappa shape index (κ1) is 24.0. The summed E-state index contributed by atoms with van der Waals surface area (Å²) in [7, 11) is 0. The van der Waals surface area contributed by atoms with Crippen molar-refractivity contribution >= 4 is 6.71 Å². The molecule has 24 heavy (non-hydrogen) atoms. The van der Waals surface area contributed by atoms with Gasteiger partial charge in [-0.15, -0.1) is 0 Å². The number of nitrogens with one attached hydrogen (secondary N) is 1. The molecule has 2 unspecified atom stereocenters. The monoisotopic (exact) mass is 337 g/mol. The highest BCUT2D eigenvalue weighted by molar-refractivity contribution is 6.64. The minimum atomic E-state index is 0.180. The lowest BCUT2D eigenvalue weighted by Gasteiger charge is -2.48. The van der Waals surface area contributed by atoms with Crippen LogP contribution in [0.1, 0.15) is 102 Å². The van der Waals surface area contributed by atoms with E-state index in [9.17, 15) is 0 Å². The van der Waals surface area contributed by atoms with Gasteiger partial charge in [-0.2, -0.15) is 0 Å². The lowest BCUT2D eigenvalue weighted by molar-refractivity contribution is 0.0787. The van der Waals surface area contributed by atoms with Gasteiger partial charge in [0.15, 0.2) is 0 Å². The van der Waals surface area contributed by atoms with Gasteiger partial charge in [0, 0.05) is 12.1 Å². The molecule has 2 atom stereocenters. The molecule has 0 aromatic rings. The van der Waals surface area contributed by atoms with Crippen molar-refractivity contribution in [2.45, 2.75) is 125 Å². The molecule has 0 aliphatic carbocycles. The van der Waals surface area contributed by atoms with E-state index in [0.29, 0.717) is 21.5 Å². The van der Waals surface area contributed by atoms with E-state index < -0.39 is 0 Å². The highest BCUT2D eigenvalue weighted by Gasteiger charge is 2.43. The minimum absolute atomic E-state index is 0.180. The predicted molar refractivity (Wildman–Crippen MR) is 115 cm³/mol. The molecule has 144 valence electrons. The summed E-state index contributed by atoms with van der Waals surface area (Å²) in [5.74, 6) is 0. The zero-order valence-corrected chi connectivity index (χ0v) is 19.4. The Hall–Kier alpha value is 0.0249. The van der Waals surface area contributed by atoms with Gasteiger partial charge in [-0.1, -0.05) is 92.6 Å². The molecule has 0 aromatic carbocycles. The second-order valence-corrected chi connectivity index (χ2v) is 12.0. The molecule has 0 radical (unpaired) electrons. The van der Waals surface area contributed by atoms with E-state index in [0.717, 1.165) is 13.3 Å². The summed E-state index contributed by atoms with van der Waals surface area (Å²) < 4.78 is 0. The summed E-state index contributed by atoms with van der Waals surface area (Å²) >= 11 is 0. The summed E-state index contributed by atoms with van der Waals surface area (Å²) in [4.78, 5) is 0. The fourth-order valence-electron chi connectivity index (χ4n) is 3.50. The van der Waals surface area contributed by atoms with Crippen LogP contribution in [0.3, 0.4) is 0 Å². The van der Waals surface area contributed by atoms with Crippen LogP contribution in [0.2, 0.25) is 17.5 Å². The Labute approximate surface area is 155 Å². The molecule has 0 spiro atoms. The van der Waals surface area contributed by atoms with E-state index in [-0.39, 0.29) is 5.54 Å². The van der Waals surface area contributed by atoms with Crippen molar-refractivity contribution < 1.29 is 0 Å². The highest BCUT2D eigenvalue weighted by atomic mass is 15.0. The maximum Gasteiger partial charge on any atom is 0.148 e. The zero-order chi connectivity index (χ0) is 19.6. The van der Waals surface area contributed by atoms with E-state index in [1.54, 1.807) is 0 Å². The van der Waals surface area contributed by atoms with Gasteiger partial charge in [0.05, 0.1) is 0 Å². The zero-order valence-electron chi connectivity index (χ0n) is 19.4. The molecule has 1 nitrogen and oxygen atoms in total. The average molecular weight is 337 g/mol. The molecule has 0 saturated carbocycles. The van der Waals surface area contributed by atoms with Crippen molar-refractivity contribution in [1.82, 2.24) is 5.32 Å². The molecule has 2 heteroatoms. The van der Waals surface area contributed by atoms with Gasteiger partial charge in [0.25, 0.3) is 0 Å². The number of hydrogen-bond acceptors (Lipinski definition) is 1. The van der Waals surface area contributed by atoms with Crippen LogP contribution in [-0.2, 0) is 0 Å². The standard InChI is InChI=1S/C22H48BN/c1-14-22(12,23(13)19(5,6)7)16-15-21(11,18(2,3)4)17-24-20(8,9)10/h24H,14-17H2,1-13H3. The van der Waals surface area contributed by atoms with Gasteiger partial charge >= 0.3 is 0 Å². The maximum atomic E-state index is 3.78. The van der Waals surface area contributed by atoms with E-state index in [1.807, 2.05) is 0 Å². The first-order chi connectivity index (χ1) is 10.4. The fraction of sp³-hybridized carbons (Fsp3) is 1.00. The molecule has 0 bridgehead atoms. The van der Waals surface area contributed by atoms with Crippen molar-refractivity contribution in [3.05, 3.63) is 0 Å². The third-order valence-corrected chi connectivity index (χ3v) is 7.22. The van der Waals surface area contributed by atoms with Gasteiger partial charge in [-0.3, -0.25) is 0 Å². The van der Waals surface area contributed by atoms with Gasteiger partial charge in [0.2, 0.25) is 0 Å². The van der Waals surface area contributed by atoms with Crippen LogP contribution in [0.5, 0.6) is 0 Å². The molecule has 1 N–H and O–H groups in total. The van der Waals surface area contributed by atoms with Crippen LogP contribution in [0, 0.1) is 10.8 Å². The number of hydrogen-bond donors (Lipinski definition) is 1. The Morgan fingerprint density at radius 2 is 1.21 bits per heavy atom. The summed E-state index contributed by atoms with van der Waals surface area (Å²) in [5.41, 5.74) is 0.776. The topological polar surface area (TPSA) is 12.0 Å². The van der Waals surface area contributed by atoms with Crippen LogP contribution < -0.4 is 5.32 Å². The first-order valence-electron chi connectivity index (χ1n) is 10.1. The van der Waals surface area contributed by atoms with Crippen molar-refractivity contribution in [1.29, 1.82) is 0 Å². The second-order valence-electron chi connectivity index (χ2n) is 12.0. The van der Waals surface area contributed by atoms with Crippen molar-refractivity contribution in [3.63, 3.8) is 0 Å². The SMILES string of the molecule is CCC(C)(CCC(C)(CNC(C)(C)C)C(C)(C)C)B(C)C(C)(C)C. The summed E-state index contributed by atoms with van der Waals surface area (Å²) in [5, 5.41) is 4.56. The lowest BCUT2D eigenvalue weighted by atomic mass is 9.23. The third-order valence-electron chi connectivity index (χ3n) is 7.22. The second kappa shape index (κ2) is 7.72. The van der Waals surface area contributed by atoms with Gasteiger partial charge in [-0.05, 0) is 38.0 Å². The lowest BCUT2D eigenvalue weighted by Crippen LogP contribution is -2.48. The fourth-order valence-corrected chi connectivity index (χ4v) is 3.50. The highest BCUT2D eigenvalue weighted by Crippen LogP contribution is 2.52. The molecule has 0 fully saturated rings. The molecule has 0 rings (SSSR count). The van der Waals surface area contributed by atoms with Crippen molar-refractivity contribution in [2.24, 2.45) is 10.8 Å². The Morgan fingerprint density at radius 1 is 0.750 bits per heavy atom. The molecule has 0 heterocycles. The van der Waals surface area contributed by atoms with Gasteiger partial charge in [0.1, 0.15) is 6.71 Å². The Kier molecular flexibility index (Phi) is 7.73. The van der Waals surface area contributed by atoms with Crippen LogP contribution in [0.15, 0.2) is 0 Å². The number of rotatable bonds is 7. The Balaban J connectivity index is 5.31. The maximum absolute atomic E-state index is 3.78. The van der Waals surface area contributed by atoms with Crippen molar-refractivity contribution in [3.8, 4) is 0 Å². The Morgan fingerprint density at radius 3 is 1.50 bits per heavy atom. The van der Waals surface area contributed by atoms with Crippen LogP contribution in [0.25, 0.3) is 0 Å². The molecule has 0 aliphatic heterocycles. The van der Waals surface area contributed by atoms with Crippen molar-refractivity contribution in [2.75, 3.05) is 6.54 Å². The average Bonchev–Trinajstić information content (AvgIpc) is 2.38. The van der Waals surface area contributed by atoms with Gasteiger partial charge < -0.3 is 5.32 Å². The quantitative estimate of drug-likeness (QED) is 0.480. The third kappa shape index (κ3) is 6.73. The van der Waals surface area contributed by atoms with E-state index >= 15 is 0 Å². The predicted octanol–water partition coefficient (Wildman–Crippen LogP) is 7.30. The van der Waals surface area contributed by atoms with Crippen LogP contribution >= 0.6 is 0 Å². The molecule has 0 amide bonds. The summed E-state index contributed by atoms with van der Waals surface area (Å²) in [6.07, 6.45) is 3.85. The molecular weight excluding hydrogens is 289 g/mol. The normalized spacial score (nSPS) is 18.9. The van der Waals surface area contributed by atoms with E-state index in [2.05, 4.69) is 95.2 Å². The van der Waals surface area contributed by atoms with E-state index in [4.69, 9.17) is 0 Å². The summed E-state index contributed by atoms with van der Waals surface area (Å²) in [6.45, 7) is 32.9. The molecular formula is C22H48BN. The molecule has 0 saturated heterocycles. The molecule has 0 aromatic heterocycles. The Bertz CT molecular complexity index is 382. The largest absolute Gasteiger partial charge is 0.312 e. The first-order valence-corrected chi connectivity index (χ1v) is 10.1. The van der Waals surface area contributed by atoms with Crippen LogP contribution in [0.4, 0.5) is 0 Å². The minimum Gasteiger partial charge on any atom is -0.312 e. The molecule has 0 aliphatic rings.